The van der Waals surface area contributed by atoms with Gasteiger partial charge in [-0.05, 0) is 73.1 Å². The van der Waals surface area contributed by atoms with Crippen LogP contribution in [0.25, 0.3) is 22.6 Å². The van der Waals surface area contributed by atoms with Crippen LogP contribution in [0.1, 0.15) is 65.7 Å². The highest BCUT2D eigenvalue weighted by Crippen LogP contribution is 2.36. The zero-order valence-electron chi connectivity index (χ0n) is 19.0. The Morgan fingerprint density at radius 1 is 1.03 bits per heavy atom. The van der Waals surface area contributed by atoms with Crippen molar-refractivity contribution in [1.29, 1.82) is 0 Å². The van der Waals surface area contributed by atoms with E-state index in [1.807, 2.05) is 30.3 Å². The molecule has 1 heterocycles. The van der Waals surface area contributed by atoms with Crippen molar-refractivity contribution >= 4 is 34.4 Å². The highest BCUT2D eigenvalue weighted by Gasteiger charge is 2.26. The first-order valence-corrected chi connectivity index (χ1v) is 11.9. The third-order valence-corrected chi connectivity index (χ3v) is 6.64. The number of allylic oxidation sites excluding steroid dienone is 1. The van der Waals surface area contributed by atoms with E-state index in [1.165, 1.54) is 12.1 Å². The Morgan fingerprint density at radius 3 is 2.59 bits per heavy atom. The van der Waals surface area contributed by atoms with Crippen LogP contribution in [0.5, 0.6) is 0 Å². The Morgan fingerprint density at radius 2 is 1.79 bits per heavy atom. The summed E-state index contributed by atoms with van der Waals surface area (Å²) in [6.45, 7) is -0.293. The van der Waals surface area contributed by atoms with Crippen LogP contribution < -0.4 is 5.32 Å². The molecule has 2 aliphatic carbocycles. The monoisotopic (exact) mass is 458 g/mol. The van der Waals surface area contributed by atoms with Crippen LogP contribution in [-0.2, 0) is 16.0 Å². The second-order valence-corrected chi connectivity index (χ2v) is 9.03. The van der Waals surface area contributed by atoms with Gasteiger partial charge in [0.2, 0.25) is 0 Å². The number of hydrogen-bond acceptors (Lipinski definition) is 4. The van der Waals surface area contributed by atoms with E-state index in [1.54, 1.807) is 12.1 Å². The van der Waals surface area contributed by atoms with E-state index >= 15 is 0 Å². The molecule has 0 unspecified atom stereocenters. The molecule has 0 saturated heterocycles. The topological polar surface area (TPSA) is 68.3 Å². The summed E-state index contributed by atoms with van der Waals surface area (Å²) in [4.78, 5) is 30.5. The highest BCUT2D eigenvalue weighted by molar-refractivity contribution is 6.07. The summed E-state index contributed by atoms with van der Waals surface area (Å²) < 4.78 is 18.9. The number of ether oxygens (including phenoxy) is 1. The molecule has 0 bridgehead atoms. The van der Waals surface area contributed by atoms with E-state index in [-0.39, 0.29) is 24.4 Å². The third-order valence-electron chi connectivity index (χ3n) is 6.64. The Balaban J connectivity index is 1.47. The van der Waals surface area contributed by atoms with Crippen molar-refractivity contribution in [3.63, 3.8) is 0 Å². The van der Waals surface area contributed by atoms with Crippen LogP contribution in [0.4, 0.5) is 4.39 Å². The van der Waals surface area contributed by atoms with Gasteiger partial charge >= 0.3 is 5.97 Å². The number of benzene rings is 2. The molecule has 174 valence electrons. The van der Waals surface area contributed by atoms with Gasteiger partial charge in [0.25, 0.3) is 5.91 Å². The predicted molar refractivity (Wildman–Crippen MR) is 130 cm³/mol. The fourth-order valence-corrected chi connectivity index (χ4v) is 5.01. The van der Waals surface area contributed by atoms with Crippen LogP contribution in [0.2, 0.25) is 0 Å². The van der Waals surface area contributed by atoms with E-state index in [2.05, 4.69) is 5.32 Å². The third kappa shape index (κ3) is 4.72. The molecule has 0 aliphatic heterocycles. The van der Waals surface area contributed by atoms with E-state index in [0.29, 0.717) is 17.5 Å². The van der Waals surface area contributed by atoms with Gasteiger partial charge in [-0.15, -0.1) is 0 Å². The molecule has 1 saturated carbocycles. The molecule has 2 aliphatic rings. The van der Waals surface area contributed by atoms with Gasteiger partial charge in [0, 0.05) is 11.4 Å². The standard InChI is InChI=1S/C28H27FN2O3/c29-20-14-12-18(13-15-20)16-19-6-5-10-23-26(22-9-3-4-11-24(22)31-27(19)23)28(33)34-17-25(32)30-21-7-1-2-8-21/h3-4,9,11-16,21H,1-2,5-8,10,17H2,(H,30,32). The van der Waals surface area contributed by atoms with Crippen molar-refractivity contribution in [2.75, 3.05) is 6.61 Å². The number of amides is 1. The number of para-hydroxylation sites is 1. The Bertz CT molecular complexity index is 1260. The fraction of sp³-hybridized carbons (Fsp3) is 0.321. The van der Waals surface area contributed by atoms with Crippen molar-refractivity contribution in [1.82, 2.24) is 10.3 Å². The lowest BCUT2D eigenvalue weighted by Crippen LogP contribution is -2.36. The zero-order chi connectivity index (χ0) is 23.5. The molecule has 0 spiro atoms. The molecular weight excluding hydrogens is 431 g/mol. The van der Waals surface area contributed by atoms with Gasteiger partial charge in [0.15, 0.2) is 6.61 Å². The number of hydrogen-bond donors (Lipinski definition) is 1. The Kier molecular flexibility index (Phi) is 6.39. The van der Waals surface area contributed by atoms with Gasteiger partial charge in [0.05, 0.1) is 16.8 Å². The summed E-state index contributed by atoms with van der Waals surface area (Å²) in [6, 6.07) is 14.0. The molecule has 1 N–H and O–H groups in total. The first-order chi connectivity index (χ1) is 16.6. The summed E-state index contributed by atoms with van der Waals surface area (Å²) in [6.07, 6.45) is 8.57. The quantitative estimate of drug-likeness (QED) is 0.515. The molecule has 3 aromatic rings. The fourth-order valence-electron chi connectivity index (χ4n) is 5.01. The maximum Gasteiger partial charge on any atom is 0.339 e. The van der Waals surface area contributed by atoms with Crippen LogP contribution >= 0.6 is 0 Å². The lowest BCUT2D eigenvalue weighted by Gasteiger charge is -2.22. The van der Waals surface area contributed by atoms with Gasteiger partial charge < -0.3 is 10.1 Å². The first kappa shape index (κ1) is 22.3. The maximum atomic E-state index is 13.4. The van der Waals surface area contributed by atoms with E-state index < -0.39 is 5.97 Å². The molecule has 2 aromatic carbocycles. The van der Waals surface area contributed by atoms with Crippen LogP contribution in [0.15, 0.2) is 48.5 Å². The summed E-state index contributed by atoms with van der Waals surface area (Å²) >= 11 is 0. The Hall–Kier alpha value is -3.54. The number of fused-ring (bicyclic) bond motifs is 2. The zero-order valence-corrected chi connectivity index (χ0v) is 19.0. The summed E-state index contributed by atoms with van der Waals surface area (Å²) in [5.74, 6) is -1.04. The smallest absolute Gasteiger partial charge is 0.339 e. The molecule has 0 atom stereocenters. The second-order valence-electron chi connectivity index (χ2n) is 9.03. The molecule has 1 amide bonds. The van der Waals surface area contributed by atoms with Crippen LogP contribution in [-0.4, -0.2) is 29.5 Å². The minimum Gasteiger partial charge on any atom is -0.452 e. The van der Waals surface area contributed by atoms with E-state index in [9.17, 15) is 14.0 Å². The van der Waals surface area contributed by atoms with Gasteiger partial charge in [-0.2, -0.15) is 0 Å². The van der Waals surface area contributed by atoms with Crippen molar-refractivity contribution in [2.24, 2.45) is 0 Å². The Labute approximate surface area is 198 Å². The van der Waals surface area contributed by atoms with Crippen LogP contribution in [0, 0.1) is 5.82 Å². The number of carbonyl (C=O) groups is 2. The van der Waals surface area contributed by atoms with Gasteiger partial charge in [-0.3, -0.25) is 4.79 Å². The van der Waals surface area contributed by atoms with Crippen LogP contribution in [0.3, 0.4) is 0 Å². The van der Waals surface area contributed by atoms with Crippen molar-refractivity contribution < 1.29 is 18.7 Å². The van der Waals surface area contributed by atoms with Gasteiger partial charge in [0.1, 0.15) is 5.82 Å². The van der Waals surface area contributed by atoms with Gasteiger partial charge in [-0.25, -0.2) is 14.2 Å². The predicted octanol–water partition coefficient (Wildman–Crippen LogP) is 5.47. The van der Waals surface area contributed by atoms with E-state index in [4.69, 9.17) is 9.72 Å². The molecule has 5 nitrogen and oxygen atoms in total. The number of aromatic nitrogens is 1. The number of carbonyl (C=O) groups excluding carboxylic acids is 2. The number of pyridine rings is 1. The lowest BCUT2D eigenvalue weighted by molar-refractivity contribution is -0.124. The number of esters is 1. The molecule has 1 aromatic heterocycles. The summed E-state index contributed by atoms with van der Waals surface area (Å²) in [7, 11) is 0. The van der Waals surface area contributed by atoms with E-state index in [0.717, 1.165) is 66.3 Å². The molecule has 0 radical (unpaired) electrons. The van der Waals surface area contributed by atoms with Crippen molar-refractivity contribution in [3.05, 3.63) is 76.7 Å². The average molecular weight is 459 g/mol. The van der Waals surface area contributed by atoms with Crippen molar-refractivity contribution in [3.8, 4) is 0 Å². The maximum absolute atomic E-state index is 13.4. The minimum absolute atomic E-state index is 0.180. The summed E-state index contributed by atoms with van der Waals surface area (Å²) in [5.41, 5.74) is 4.70. The normalized spacial score (nSPS) is 17.0. The average Bonchev–Trinajstić information content (AvgIpc) is 3.36. The molecule has 6 heteroatoms. The number of halogens is 1. The first-order valence-electron chi connectivity index (χ1n) is 11.9. The van der Waals surface area contributed by atoms with Gasteiger partial charge in [-0.1, -0.05) is 43.2 Å². The number of nitrogens with one attached hydrogen (secondary N) is 1. The summed E-state index contributed by atoms with van der Waals surface area (Å²) in [5, 5.41) is 3.69. The molecule has 1 fully saturated rings. The number of rotatable bonds is 5. The lowest BCUT2D eigenvalue weighted by atomic mass is 9.86. The van der Waals surface area contributed by atoms with Crippen molar-refractivity contribution in [2.45, 2.75) is 51.0 Å². The molecular formula is C28H27FN2O3. The highest BCUT2D eigenvalue weighted by atomic mass is 19.1. The number of nitrogens with zero attached hydrogens (tertiary/aromatic N) is 1. The minimum atomic E-state index is -0.501. The SMILES string of the molecule is O=C(COC(=O)c1c2c(nc3ccccc13)C(=Cc1ccc(F)cc1)CCC2)NC1CCCC1. The largest absolute Gasteiger partial charge is 0.452 e. The molecule has 34 heavy (non-hydrogen) atoms. The second kappa shape index (κ2) is 9.75. The molecule has 5 rings (SSSR count).